The van der Waals surface area contributed by atoms with Gasteiger partial charge in [-0.05, 0) is 33.1 Å². The van der Waals surface area contributed by atoms with Gasteiger partial charge in [0.1, 0.15) is 10.7 Å². The third kappa shape index (κ3) is 2.58. The molecule has 18 heavy (non-hydrogen) atoms. The Balaban J connectivity index is 2.09. The second-order valence-corrected chi connectivity index (χ2v) is 5.48. The van der Waals surface area contributed by atoms with Gasteiger partial charge in [0.2, 0.25) is 0 Å². The zero-order chi connectivity index (χ0) is 13.1. The predicted octanol–water partition coefficient (Wildman–Crippen LogP) is 2.17. The summed E-state index contributed by atoms with van der Waals surface area (Å²) < 4.78 is 0. The van der Waals surface area contributed by atoms with Crippen molar-refractivity contribution in [1.29, 1.82) is 0 Å². The first kappa shape index (κ1) is 13.1. The Morgan fingerprint density at radius 3 is 2.67 bits per heavy atom. The number of nitrogens with two attached hydrogens (primary N) is 1. The van der Waals surface area contributed by atoms with E-state index in [0.29, 0.717) is 29.8 Å². The lowest BCUT2D eigenvalue weighted by molar-refractivity contribution is 0.0778. The fourth-order valence-electron chi connectivity index (χ4n) is 1.93. The first-order valence-corrected chi connectivity index (χ1v) is 7.29. The Labute approximate surface area is 111 Å². The Bertz CT molecular complexity index is 424. The smallest absolute Gasteiger partial charge is 0.267 e. The van der Waals surface area contributed by atoms with Crippen LogP contribution >= 0.6 is 11.3 Å². The normalized spacial score (nSPS) is 15.2. The maximum Gasteiger partial charge on any atom is 0.267 e. The lowest BCUT2D eigenvalue weighted by atomic mass is 9.93. The highest BCUT2D eigenvalue weighted by Crippen LogP contribution is 2.30. The van der Waals surface area contributed by atoms with Crippen molar-refractivity contribution in [2.45, 2.75) is 39.2 Å². The summed E-state index contributed by atoms with van der Waals surface area (Å²) in [4.78, 5) is 18.8. The molecule has 1 aliphatic rings. The van der Waals surface area contributed by atoms with E-state index in [1.807, 2.05) is 13.8 Å². The number of hydrogen-bond donors (Lipinski definition) is 2. The molecule has 1 heterocycles. The predicted molar refractivity (Wildman–Crippen MR) is 75.0 cm³/mol. The quantitative estimate of drug-likeness (QED) is 0.858. The van der Waals surface area contributed by atoms with Crippen molar-refractivity contribution in [3.05, 3.63) is 4.88 Å². The molecule has 5 nitrogen and oxygen atoms in total. The summed E-state index contributed by atoms with van der Waals surface area (Å²) in [7, 11) is 0. The van der Waals surface area contributed by atoms with Crippen LogP contribution in [-0.2, 0) is 0 Å². The monoisotopic (exact) mass is 268 g/mol. The molecule has 0 saturated heterocycles. The van der Waals surface area contributed by atoms with E-state index in [-0.39, 0.29) is 5.91 Å². The number of thiazole rings is 1. The first-order valence-electron chi connectivity index (χ1n) is 6.47. The van der Waals surface area contributed by atoms with Crippen molar-refractivity contribution in [1.82, 2.24) is 9.88 Å². The van der Waals surface area contributed by atoms with Crippen LogP contribution in [0.15, 0.2) is 0 Å². The van der Waals surface area contributed by atoms with E-state index in [1.165, 1.54) is 30.6 Å². The van der Waals surface area contributed by atoms with Gasteiger partial charge >= 0.3 is 0 Å². The topological polar surface area (TPSA) is 71.2 Å². The molecule has 1 aliphatic carbocycles. The number of carbonyl (C=O) groups is 1. The molecule has 0 aromatic carbocycles. The third-order valence-corrected chi connectivity index (χ3v) is 4.32. The number of carbonyl (C=O) groups excluding carboxylic acids is 1. The van der Waals surface area contributed by atoms with E-state index in [9.17, 15) is 4.79 Å². The number of aromatic nitrogens is 1. The highest BCUT2D eigenvalue weighted by atomic mass is 32.1. The lowest BCUT2D eigenvalue weighted by Crippen LogP contribution is -2.30. The summed E-state index contributed by atoms with van der Waals surface area (Å²) in [6, 6.07) is 0.506. The fraction of sp³-hybridized carbons (Fsp3) is 0.667. The minimum Gasteiger partial charge on any atom is -0.382 e. The maximum atomic E-state index is 12.2. The van der Waals surface area contributed by atoms with E-state index < -0.39 is 0 Å². The molecule has 0 aliphatic heterocycles. The van der Waals surface area contributed by atoms with Crippen LogP contribution in [0.25, 0.3) is 0 Å². The summed E-state index contributed by atoms with van der Waals surface area (Å²) in [6.45, 7) is 5.31. The molecule has 0 bridgehead atoms. The zero-order valence-electron chi connectivity index (χ0n) is 10.9. The van der Waals surface area contributed by atoms with Crippen LogP contribution in [0, 0.1) is 0 Å². The van der Waals surface area contributed by atoms with Gasteiger partial charge in [-0.15, -0.1) is 0 Å². The Morgan fingerprint density at radius 1 is 1.50 bits per heavy atom. The van der Waals surface area contributed by atoms with Gasteiger partial charge in [0.15, 0.2) is 5.13 Å². The Kier molecular flexibility index (Phi) is 4.06. The minimum absolute atomic E-state index is 0.0170. The van der Waals surface area contributed by atoms with Crippen LogP contribution in [0.3, 0.4) is 0 Å². The molecule has 1 aromatic rings. The van der Waals surface area contributed by atoms with Crippen LogP contribution in [0.1, 0.15) is 42.8 Å². The SMILES string of the molecule is CCN(CC)C(=O)c1sc(NC2CCC2)nc1N. The van der Waals surface area contributed by atoms with Crippen molar-refractivity contribution in [3.8, 4) is 0 Å². The number of nitrogen functional groups attached to an aromatic ring is 1. The first-order chi connectivity index (χ1) is 8.65. The summed E-state index contributed by atoms with van der Waals surface area (Å²) in [5, 5.41) is 4.10. The van der Waals surface area contributed by atoms with Gasteiger partial charge in [-0.2, -0.15) is 0 Å². The second kappa shape index (κ2) is 5.56. The highest BCUT2D eigenvalue weighted by molar-refractivity contribution is 7.18. The average molecular weight is 268 g/mol. The van der Waals surface area contributed by atoms with Gasteiger partial charge in [0, 0.05) is 19.1 Å². The molecule has 0 unspecified atom stereocenters. The van der Waals surface area contributed by atoms with Crippen LogP contribution in [0.2, 0.25) is 0 Å². The van der Waals surface area contributed by atoms with Crippen molar-refractivity contribution < 1.29 is 4.79 Å². The third-order valence-electron chi connectivity index (χ3n) is 3.33. The summed E-state index contributed by atoms with van der Waals surface area (Å²) in [5.74, 6) is 0.329. The largest absolute Gasteiger partial charge is 0.382 e. The molecule has 100 valence electrons. The molecule has 1 aromatic heterocycles. The second-order valence-electron chi connectivity index (χ2n) is 4.48. The van der Waals surface area contributed by atoms with Crippen LogP contribution in [0.4, 0.5) is 10.9 Å². The highest BCUT2D eigenvalue weighted by Gasteiger charge is 2.23. The van der Waals surface area contributed by atoms with Crippen molar-refractivity contribution >= 4 is 28.2 Å². The number of anilines is 2. The van der Waals surface area contributed by atoms with Gasteiger partial charge < -0.3 is 16.0 Å². The van der Waals surface area contributed by atoms with Gasteiger partial charge in [-0.3, -0.25) is 4.79 Å². The zero-order valence-corrected chi connectivity index (χ0v) is 11.7. The number of nitrogens with zero attached hydrogens (tertiary/aromatic N) is 2. The van der Waals surface area contributed by atoms with Gasteiger partial charge in [0.05, 0.1) is 0 Å². The average Bonchev–Trinajstić information content (AvgIpc) is 2.66. The van der Waals surface area contributed by atoms with Crippen molar-refractivity contribution in [2.24, 2.45) is 0 Å². The molecule has 1 amide bonds. The number of hydrogen-bond acceptors (Lipinski definition) is 5. The molecule has 0 atom stereocenters. The van der Waals surface area contributed by atoms with E-state index in [0.717, 1.165) is 5.13 Å². The molecular weight excluding hydrogens is 248 g/mol. The Morgan fingerprint density at radius 2 is 2.17 bits per heavy atom. The number of amides is 1. The van der Waals surface area contributed by atoms with Crippen LogP contribution < -0.4 is 11.1 Å². The van der Waals surface area contributed by atoms with Crippen LogP contribution in [0.5, 0.6) is 0 Å². The van der Waals surface area contributed by atoms with Crippen LogP contribution in [-0.4, -0.2) is 34.9 Å². The molecule has 0 radical (unpaired) electrons. The maximum absolute atomic E-state index is 12.2. The molecule has 1 fully saturated rings. The number of rotatable bonds is 5. The van der Waals surface area contributed by atoms with Crippen molar-refractivity contribution in [2.75, 3.05) is 24.1 Å². The van der Waals surface area contributed by atoms with E-state index >= 15 is 0 Å². The molecule has 6 heteroatoms. The fourth-order valence-corrected chi connectivity index (χ4v) is 2.86. The number of nitrogens with one attached hydrogen (secondary N) is 1. The van der Waals surface area contributed by atoms with E-state index in [1.54, 1.807) is 4.90 Å². The molecular formula is C12H20N4OS. The van der Waals surface area contributed by atoms with E-state index in [4.69, 9.17) is 5.73 Å². The van der Waals surface area contributed by atoms with Crippen molar-refractivity contribution in [3.63, 3.8) is 0 Å². The standard InChI is InChI=1S/C12H20N4OS/c1-3-16(4-2)11(17)9-10(13)15-12(18-9)14-8-6-5-7-8/h8H,3-7,13H2,1-2H3,(H,14,15). The lowest BCUT2D eigenvalue weighted by Gasteiger charge is -2.25. The summed E-state index contributed by atoms with van der Waals surface area (Å²) >= 11 is 1.37. The Hall–Kier alpha value is -1.30. The summed E-state index contributed by atoms with van der Waals surface area (Å²) in [5.41, 5.74) is 5.84. The molecule has 3 N–H and O–H groups in total. The van der Waals surface area contributed by atoms with Gasteiger partial charge in [-0.1, -0.05) is 11.3 Å². The van der Waals surface area contributed by atoms with E-state index in [2.05, 4.69) is 10.3 Å². The van der Waals surface area contributed by atoms with Gasteiger partial charge in [0.25, 0.3) is 5.91 Å². The molecule has 0 spiro atoms. The molecule has 1 saturated carbocycles. The minimum atomic E-state index is -0.0170. The summed E-state index contributed by atoms with van der Waals surface area (Å²) in [6.07, 6.45) is 3.63. The van der Waals surface area contributed by atoms with Gasteiger partial charge in [-0.25, -0.2) is 4.98 Å². The molecule has 2 rings (SSSR count).